The summed E-state index contributed by atoms with van der Waals surface area (Å²) in [5.74, 6) is -0.596. The smallest absolute Gasteiger partial charge is 0.329 e. The predicted molar refractivity (Wildman–Crippen MR) is 48.4 cm³/mol. The maximum absolute atomic E-state index is 11.4. The van der Waals surface area contributed by atoms with Crippen LogP contribution < -0.4 is 5.32 Å². The molecule has 0 saturated carbocycles. The van der Waals surface area contributed by atoms with Gasteiger partial charge in [0.1, 0.15) is 12.1 Å². The highest BCUT2D eigenvalue weighted by Gasteiger charge is 2.30. The number of esters is 1. The summed E-state index contributed by atoms with van der Waals surface area (Å²) in [4.78, 5) is 22.2. The summed E-state index contributed by atoms with van der Waals surface area (Å²) in [5.41, 5.74) is 0. The van der Waals surface area contributed by atoms with Crippen molar-refractivity contribution in [3.8, 4) is 0 Å². The van der Waals surface area contributed by atoms with E-state index in [9.17, 15) is 9.59 Å². The summed E-state index contributed by atoms with van der Waals surface area (Å²) >= 11 is 0. The van der Waals surface area contributed by atoms with Crippen molar-refractivity contribution >= 4 is 11.9 Å². The molecular formula is C9H15NO4. The molecule has 1 rings (SSSR count). The zero-order chi connectivity index (χ0) is 10.7. The van der Waals surface area contributed by atoms with E-state index >= 15 is 0 Å². The van der Waals surface area contributed by atoms with Crippen LogP contribution in [0.5, 0.6) is 0 Å². The summed E-state index contributed by atoms with van der Waals surface area (Å²) in [6, 6.07) is -0.538. The maximum atomic E-state index is 11.4. The zero-order valence-corrected chi connectivity index (χ0v) is 8.32. The number of hydrogen-bond donors (Lipinski definition) is 2. The van der Waals surface area contributed by atoms with Crippen LogP contribution in [0.1, 0.15) is 26.7 Å². The molecule has 1 heterocycles. The summed E-state index contributed by atoms with van der Waals surface area (Å²) < 4.78 is 4.94. The average molecular weight is 201 g/mol. The minimum Gasteiger partial charge on any atom is -0.458 e. The number of rotatable bonds is 3. The van der Waals surface area contributed by atoms with Gasteiger partial charge in [0.05, 0.1) is 6.10 Å². The van der Waals surface area contributed by atoms with Crippen molar-refractivity contribution in [3.63, 3.8) is 0 Å². The van der Waals surface area contributed by atoms with E-state index in [0.717, 1.165) is 0 Å². The fourth-order valence-electron chi connectivity index (χ4n) is 1.15. The second kappa shape index (κ2) is 4.41. The Hall–Kier alpha value is -1.10. The predicted octanol–water partition coefficient (Wildman–Crippen LogP) is -0.423. The van der Waals surface area contributed by atoms with Crippen molar-refractivity contribution < 1.29 is 19.4 Å². The number of carbonyl (C=O) groups excluding carboxylic acids is 2. The Kier molecular flexibility index (Phi) is 3.46. The average Bonchev–Trinajstić information content (AvgIpc) is 2.51. The molecule has 80 valence electrons. The van der Waals surface area contributed by atoms with Gasteiger partial charge in [-0.05, 0) is 20.3 Å². The van der Waals surface area contributed by atoms with Gasteiger partial charge < -0.3 is 15.2 Å². The van der Waals surface area contributed by atoms with Crippen LogP contribution in [0.3, 0.4) is 0 Å². The molecule has 5 heteroatoms. The molecule has 0 aromatic heterocycles. The molecule has 3 atom stereocenters. The Labute approximate surface area is 82.4 Å². The highest BCUT2D eigenvalue weighted by Crippen LogP contribution is 2.10. The first-order valence-corrected chi connectivity index (χ1v) is 4.68. The molecule has 1 aliphatic heterocycles. The molecule has 0 bridgehead atoms. The first-order chi connectivity index (χ1) is 6.50. The third kappa shape index (κ3) is 2.70. The Morgan fingerprint density at radius 2 is 2.29 bits per heavy atom. The van der Waals surface area contributed by atoms with Crippen LogP contribution in [-0.2, 0) is 14.3 Å². The summed E-state index contributed by atoms with van der Waals surface area (Å²) in [6.45, 7) is 3.16. The van der Waals surface area contributed by atoms with Gasteiger partial charge in [-0.3, -0.25) is 4.79 Å². The molecular weight excluding hydrogens is 186 g/mol. The third-order valence-electron chi connectivity index (χ3n) is 2.26. The van der Waals surface area contributed by atoms with Gasteiger partial charge in [0, 0.05) is 6.42 Å². The topological polar surface area (TPSA) is 75.6 Å². The van der Waals surface area contributed by atoms with Crippen molar-refractivity contribution in [1.29, 1.82) is 0 Å². The van der Waals surface area contributed by atoms with Crippen molar-refractivity contribution in [2.75, 3.05) is 0 Å². The molecule has 0 aromatic rings. The second-order valence-electron chi connectivity index (χ2n) is 3.54. The molecule has 0 unspecified atom stereocenters. The fourth-order valence-corrected chi connectivity index (χ4v) is 1.15. The van der Waals surface area contributed by atoms with Crippen molar-refractivity contribution in [3.05, 3.63) is 0 Å². The highest BCUT2D eigenvalue weighted by molar-refractivity contribution is 5.88. The van der Waals surface area contributed by atoms with Crippen LogP contribution in [0.25, 0.3) is 0 Å². The quantitative estimate of drug-likeness (QED) is 0.608. The van der Waals surface area contributed by atoms with Crippen LogP contribution in [-0.4, -0.2) is 35.2 Å². The maximum Gasteiger partial charge on any atom is 0.329 e. The van der Waals surface area contributed by atoms with Crippen molar-refractivity contribution in [2.24, 2.45) is 0 Å². The van der Waals surface area contributed by atoms with E-state index in [1.165, 1.54) is 0 Å². The molecule has 1 fully saturated rings. The molecule has 0 spiro atoms. The molecule has 5 nitrogen and oxygen atoms in total. The lowest BCUT2D eigenvalue weighted by Gasteiger charge is -2.18. The largest absolute Gasteiger partial charge is 0.458 e. The van der Waals surface area contributed by atoms with E-state index in [0.29, 0.717) is 12.8 Å². The number of aliphatic hydroxyl groups excluding tert-OH is 1. The van der Waals surface area contributed by atoms with Gasteiger partial charge in [-0.2, -0.15) is 0 Å². The number of aliphatic hydroxyl groups is 1. The van der Waals surface area contributed by atoms with E-state index in [4.69, 9.17) is 9.84 Å². The molecule has 1 saturated heterocycles. The highest BCUT2D eigenvalue weighted by atomic mass is 16.6. The van der Waals surface area contributed by atoms with Crippen LogP contribution >= 0.6 is 0 Å². The van der Waals surface area contributed by atoms with E-state index in [-0.39, 0.29) is 5.91 Å². The molecule has 1 aliphatic rings. The minimum absolute atomic E-state index is 0.128. The Morgan fingerprint density at radius 3 is 2.71 bits per heavy atom. The monoisotopic (exact) mass is 201 g/mol. The van der Waals surface area contributed by atoms with E-state index in [1.807, 2.05) is 0 Å². The molecule has 0 aliphatic carbocycles. The first-order valence-electron chi connectivity index (χ1n) is 4.68. The number of hydrogen-bond acceptors (Lipinski definition) is 4. The van der Waals surface area contributed by atoms with Crippen molar-refractivity contribution in [1.82, 2.24) is 5.32 Å². The summed E-state index contributed by atoms with van der Waals surface area (Å²) in [6.07, 6.45) is -0.399. The molecule has 0 radical (unpaired) electrons. The van der Waals surface area contributed by atoms with E-state index in [2.05, 4.69) is 5.32 Å². The van der Waals surface area contributed by atoms with Crippen LogP contribution in [0, 0.1) is 0 Å². The van der Waals surface area contributed by atoms with E-state index < -0.39 is 24.2 Å². The third-order valence-corrected chi connectivity index (χ3v) is 2.26. The van der Waals surface area contributed by atoms with Gasteiger partial charge in [-0.25, -0.2) is 4.79 Å². The normalized spacial score (nSPS) is 25.4. The number of nitrogens with one attached hydrogen (secondary N) is 1. The standard InChI is InChI=1S/C9H15NO4/c1-5(11)6(2)14-9(13)7-3-4-8(12)10-7/h5-7,11H,3-4H2,1-2H3,(H,10,12)/t5-,6-,7-/m0/s1. The number of amides is 1. The fraction of sp³-hybridized carbons (Fsp3) is 0.778. The molecule has 1 amide bonds. The zero-order valence-electron chi connectivity index (χ0n) is 8.32. The van der Waals surface area contributed by atoms with Gasteiger partial charge >= 0.3 is 5.97 Å². The first kappa shape index (κ1) is 11.0. The lowest BCUT2D eigenvalue weighted by molar-refractivity contribution is -0.155. The second-order valence-corrected chi connectivity index (χ2v) is 3.54. The lowest BCUT2D eigenvalue weighted by Crippen LogP contribution is -2.38. The van der Waals surface area contributed by atoms with Crippen LogP contribution in [0.4, 0.5) is 0 Å². The molecule has 2 N–H and O–H groups in total. The Bertz CT molecular complexity index is 239. The van der Waals surface area contributed by atoms with Gasteiger partial charge in [0.2, 0.25) is 5.91 Å². The molecule has 0 aromatic carbocycles. The van der Waals surface area contributed by atoms with Gasteiger partial charge in [0.15, 0.2) is 0 Å². The van der Waals surface area contributed by atoms with E-state index in [1.54, 1.807) is 13.8 Å². The number of ether oxygens (including phenoxy) is 1. The SMILES string of the molecule is C[C@H](O)[C@H](C)OC(=O)[C@@H]1CCC(=O)N1. The van der Waals surface area contributed by atoms with Crippen LogP contribution in [0.2, 0.25) is 0 Å². The van der Waals surface area contributed by atoms with Gasteiger partial charge in [-0.15, -0.1) is 0 Å². The van der Waals surface area contributed by atoms with Gasteiger partial charge in [0.25, 0.3) is 0 Å². The minimum atomic E-state index is -0.698. The molecule has 14 heavy (non-hydrogen) atoms. The summed E-state index contributed by atoms with van der Waals surface area (Å²) in [5, 5.41) is 11.6. The lowest BCUT2D eigenvalue weighted by atomic mass is 10.2. The Balaban J connectivity index is 2.39. The van der Waals surface area contributed by atoms with Gasteiger partial charge in [-0.1, -0.05) is 0 Å². The van der Waals surface area contributed by atoms with Crippen molar-refractivity contribution in [2.45, 2.75) is 44.9 Å². The Morgan fingerprint density at radius 1 is 1.64 bits per heavy atom. The number of carbonyl (C=O) groups is 2. The van der Waals surface area contributed by atoms with Crippen LogP contribution in [0.15, 0.2) is 0 Å². The summed E-state index contributed by atoms with van der Waals surface area (Å²) in [7, 11) is 0.